The van der Waals surface area contributed by atoms with Crippen molar-refractivity contribution in [3.05, 3.63) is 29.3 Å². The number of anilines is 1. The van der Waals surface area contributed by atoms with E-state index in [9.17, 15) is 9.59 Å². The molecule has 2 rings (SSSR count). The van der Waals surface area contributed by atoms with Gasteiger partial charge in [-0.15, -0.1) is 0 Å². The summed E-state index contributed by atoms with van der Waals surface area (Å²) in [4.78, 5) is 29.8. The Balaban J connectivity index is 1.88. The molecule has 0 spiro atoms. The molecule has 1 heterocycles. The fraction of sp³-hybridized carbons (Fsp3) is 0.529. The largest absolute Gasteiger partial charge is 0.368 e. The summed E-state index contributed by atoms with van der Waals surface area (Å²) in [7, 11) is 1.69. The second-order valence-electron chi connectivity index (χ2n) is 5.84. The van der Waals surface area contributed by atoms with Gasteiger partial charge in [0.25, 0.3) is 0 Å². The summed E-state index contributed by atoms with van der Waals surface area (Å²) in [5.41, 5.74) is 1.05. The molecular weight excluding hydrogens is 314 g/mol. The molecule has 0 atom stereocenters. The normalized spacial score (nSPS) is 14.7. The number of nitrogens with zero attached hydrogens (tertiary/aromatic N) is 3. The summed E-state index contributed by atoms with van der Waals surface area (Å²) >= 11 is 6.02. The minimum Gasteiger partial charge on any atom is -0.368 e. The number of rotatable bonds is 4. The monoisotopic (exact) mass is 337 g/mol. The molecule has 0 aromatic heterocycles. The molecule has 0 bridgehead atoms. The zero-order valence-electron chi connectivity index (χ0n) is 13.8. The lowest BCUT2D eigenvalue weighted by molar-refractivity contribution is -0.151. The molecule has 0 radical (unpaired) electrons. The van der Waals surface area contributed by atoms with Crippen molar-refractivity contribution in [1.82, 2.24) is 9.80 Å². The average molecular weight is 338 g/mol. The number of hydrogen-bond donors (Lipinski definition) is 0. The van der Waals surface area contributed by atoms with E-state index >= 15 is 0 Å². The summed E-state index contributed by atoms with van der Waals surface area (Å²) in [6.07, 6.45) is 1.92. The Hall–Kier alpha value is -1.75. The molecule has 0 aliphatic carbocycles. The number of piperazine rings is 1. The van der Waals surface area contributed by atoms with Crippen LogP contribution in [0.4, 0.5) is 5.69 Å². The Morgan fingerprint density at radius 2 is 1.91 bits per heavy atom. The van der Waals surface area contributed by atoms with Crippen LogP contribution in [0.5, 0.6) is 0 Å². The van der Waals surface area contributed by atoms with Crippen molar-refractivity contribution in [2.75, 3.05) is 44.7 Å². The van der Waals surface area contributed by atoms with Crippen molar-refractivity contribution < 1.29 is 9.59 Å². The molecule has 0 N–H and O–H groups in total. The lowest BCUT2D eigenvalue weighted by atomic mass is 10.2. The van der Waals surface area contributed by atoms with Gasteiger partial charge in [-0.2, -0.15) is 0 Å². The van der Waals surface area contributed by atoms with Gasteiger partial charge in [0.1, 0.15) is 0 Å². The lowest BCUT2D eigenvalue weighted by Gasteiger charge is -2.36. The van der Waals surface area contributed by atoms with E-state index in [1.807, 2.05) is 24.3 Å². The van der Waals surface area contributed by atoms with Crippen LogP contribution in [0.25, 0.3) is 0 Å². The van der Waals surface area contributed by atoms with Crippen LogP contribution in [0.3, 0.4) is 0 Å². The smallest absolute Gasteiger partial charge is 0.312 e. The van der Waals surface area contributed by atoms with Crippen LogP contribution in [-0.2, 0) is 9.59 Å². The van der Waals surface area contributed by atoms with Crippen LogP contribution in [0.2, 0.25) is 5.02 Å². The minimum atomic E-state index is -0.408. The average Bonchev–Trinajstić information content (AvgIpc) is 2.58. The van der Waals surface area contributed by atoms with Gasteiger partial charge in [0.05, 0.1) is 0 Å². The van der Waals surface area contributed by atoms with Crippen molar-refractivity contribution in [3.8, 4) is 0 Å². The number of unbranched alkanes of at least 4 members (excludes halogenated alkanes) is 1. The standard InChI is InChI=1S/C17H24ClN3O2/c1-3-4-8-19(2)16(22)17(23)21-11-9-20(10-12-21)15-7-5-6-14(18)13-15/h5-7,13H,3-4,8-12H2,1-2H3. The van der Waals surface area contributed by atoms with Crippen LogP contribution < -0.4 is 4.90 Å². The summed E-state index contributed by atoms with van der Waals surface area (Å²) in [6, 6.07) is 7.69. The number of benzene rings is 1. The number of likely N-dealkylation sites (N-methyl/N-ethyl adjacent to an activating group) is 1. The van der Waals surface area contributed by atoms with Gasteiger partial charge in [-0.05, 0) is 24.6 Å². The Morgan fingerprint density at radius 3 is 2.52 bits per heavy atom. The molecular formula is C17H24ClN3O2. The molecule has 1 aromatic rings. The second kappa shape index (κ2) is 8.20. The summed E-state index contributed by atoms with van der Waals surface area (Å²) in [5, 5.41) is 0.703. The van der Waals surface area contributed by atoms with E-state index in [0.29, 0.717) is 37.7 Å². The fourth-order valence-corrected chi connectivity index (χ4v) is 2.82. The molecule has 5 nitrogen and oxygen atoms in total. The van der Waals surface area contributed by atoms with Crippen LogP contribution in [0.15, 0.2) is 24.3 Å². The van der Waals surface area contributed by atoms with E-state index < -0.39 is 11.8 Å². The Morgan fingerprint density at radius 1 is 1.22 bits per heavy atom. The van der Waals surface area contributed by atoms with Gasteiger partial charge in [0, 0.05) is 50.5 Å². The zero-order chi connectivity index (χ0) is 16.8. The Bertz CT molecular complexity index is 557. The zero-order valence-corrected chi connectivity index (χ0v) is 14.6. The first-order valence-corrected chi connectivity index (χ1v) is 8.45. The molecule has 1 aliphatic heterocycles. The third-order valence-corrected chi connectivity index (χ3v) is 4.35. The molecule has 126 valence electrons. The third-order valence-electron chi connectivity index (χ3n) is 4.12. The van der Waals surface area contributed by atoms with E-state index in [0.717, 1.165) is 18.5 Å². The molecule has 23 heavy (non-hydrogen) atoms. The van der Waals surface area contributed by atoms with E-state index in [1.165, 1.54) is 4.90 Å². The van der Waals surface area contributed by atoms with Gasteiger partial charge in [-0.1, -0.05) is 31.0 Å². The predicted molar refractivity (Wildman–Crippen MR) is 92.8 cm³/mol. The second-order valence-corrected chi connectivity index (χ2v) is 6.28. The summed E-state index contributed by atoms with van der Waals surface area (Å²) in [5.74, 6) is -0.802. The highest BCUT2D eigenvalue weighted by molar-refractivity contribution is 6.34. The van der Waals surface area contributed by atoms with Crippen molar-refractivity contribution in [2.45, 2.75) is 19.8 Å². The number of amides is 2. The SMILES string of the molecule is CCCCN(C)C(=O)C(=O)N1CCN(c2cccc(Cl)c2)CC1. The molecule has 0 saturated carbocycles. The van der Waals surface area contributed by atoms with Crippen LogP contribution in [-0.4, -0.2) is 61.4 Å². The Labute approximate surface area is 142 Å². The molecule has 1 aliphatic rings. The molecule has 1 saturated heterocycles. The quantitative estimate of drug-likeness (QED) is 0.791. The highest BCUT2D eigenvalue weighted by Gasteiger charge is 2.28. The van der Waals surface area contributed by atoms with Gasteiger partial charge in [0.15, 0.2) is 0 Å². The van der Waals surface area contributed by atoms with E-state index in [2.05, 4.69) is 11.8 Å². The van der Waals surface area contributed by atoms with Crippen molar-refractivity contribution in [1.29, 1.82) is 0 Å². The first-order valence-electron chi connectivity index (χ1n) is 8.07. The summed E-state index contributed by atoms with van der Waals surface area (Å²) < 4.78 is 0. The van der Waals surface area contributed by atoms with Gasteiger partial charge in [-0.3, -0.25) is 9.59 Å². The van der Waals surface area contributed by atoms with Crippen molar-refractivity contribution >= 4 is 29.1 Å². The molecule has 2 amide bonds. The van der Waals surface area contributed by atoms with Gasteiger partial charge >= 0.3 is 11.8 Å². The van der Waals surface area contributed by atoms with Crippen LogP contribution >= 0.6 is 11.6 Å². The highest BCUT2D eigenvalue weighted by atomic mass is 35.5. The summed E-state index contributed by atoms with van der Waals surface area (Å²) in [6.45, 7) is 5.21. The maximum Gasteiger partial charge on any atom is 0.312 e. The van der Waals surface area contributed by atoms with Crippen LogP contribution in [0.1, 0.15) is 19.8 Å². The maximum absolute atomic E-state index is 12.3. The van der Waals surface area contributed by atoms with Gasteiger partial charge < -0.3 is 14.7 Å². The minimum absolute atomic E-state index is 0.394. The van der Waals surface area contributed by atoms with E-state index in [4.69, 9.17) is 11.6 Å². The first kappa shape index (κ1) is 17.6. The lowest BCUT2D eigenvalue weighted by Crippen LogP contribution is -2.53. The predicted octanol–water partition coefficient (Wildman–Crippen LogP) is 2.25. The highest BCUT2D eigenvalue weighted by Crippen LogP contribution is 2.20. The molecule has 0 unspecified atom stereocenters. The van der Waals surface area contributed by atoms with E-state index in [-0.39, 0.29) is 0 Å². The van der Waals surface area contributed by atoms with Crippen molar-refractivity contribution in [3.63, 3.8) is 0 Å². The molecule has 6 heteroatoms. The maximum atomic E-state index is 12.3. The Kier molecular flexibility index (Phi) is 6.28. The molecule has 1 aromatic carbocycles. The number of halogens is 1. The number of hydrogen-bond acceptors (Lipinski definition) is 3. The first-order chi connectivity index (χ1) is 11.0. The number of carbonyl (C=O) groups is 2. The third kappa shape index (κ3) is 4.61. The van der Waals surface area contributed by atoms with Crippen LogP contribution in [0, 0.1) is 0 Å². The topological polar surface area (TPSA) is 43.9 Å². The molecule has 1 fully saturated rings. The van der Waals surface area contributed by atoms with Gasteiger partial charge in [0.2, 0.25) is 0 Å². The number of carbonyl (C=O) groups excluding carboxylic acids is 2. The van der Waals surface area contributed by atoms with E-state index in [1.54, 1.807) is 11.9 Å². The van der Waals surface area contributed by atoms with Gasteiger partial charge in [-0.25, -0.2) is 0 Å². The van der Waals surface area contributed by atoms with Crippen molar-refractivity contribution in [2.24, 2.45) is 0 Å². The fourth-order valence-electron chi connectivity index (χ4n) is 2.64.